The fourth-order valence-electron chi connectivity index (χ4n) is 5.22. The van der Waals surface area contributed by atoms with Crippen molar-refractivity contribution in [1.29, 1.82) is 0 Å². The van der Waals surface area contributed by atoms with Crippen LogP contribution in [0.3, 0.4) is 0 Å². The molecule has 0 saturated carbocycles. The lowest BCUT2D eigenvalue weighted by Crippen LogP contribution is -2.46. The van der Waals surface area contributed by atoms with Gasteiger partial charge in [-0.05, 0) is 55.3 Å². The average Bonchev–Trinajstić information content (AvgIpc) is 3.48. The Morgan fingerprint density at radius 1 is 1.12 bits per heavy atom. The summed E-state index contributed by atoms with van der Waals surface area (Å²) < 4.78 is 32.4. The number of aromatic hydroxyl groups is 1. The van der Waals surface area contributed by atoms with Gasteiger partial charge in [0.15, 0.2) is 15.5 Å². The summed E-state index contributed by atoms with van der Waals surface area (Å²) >= 11 is 13.6. The van der Waals surface area contributed by atoms with Crippen LogP contribution in [-0.4, -0.2) is 82.9 Å². The van der Waals surface area contributed by atoms with E-state index in [2.05, 4.69) is 4.98 Å². The molecule has 1 saturated heterocycles. The van der Waals surface area contributed by atoms with Crippen LogP contribution in [0.15, 0.2) is 57.1 Å². The van der Waals surface area contributed by atoms with Crippen LogP contribution >= 0.6 is 35.0 Å². The molecule has 0 spiro atoms. The van der Waals surface area contributed by atoms with Crippen LogP contribution < -0.4 is 10.3 Å². The Hall–Kier alpha value is -3.26. The highest BCUT2D eigenvalue weighted by Crippen LogP contribution is 2.35. The Morgan fingerprint density at radius 2 is 1.86 bits per heavy atom. The predicted octanol–water partition coefficient (Wildman–Crippen LogP) is 3.65. The normalized spacial score (nSPS) is 16.8. The number of sulfone groups is 1. The van der Waals surface area contributed by atoms with E-state index in [1.165, 1.54) is 52.6 Å². The molecular weight excluding hydrogens is 639 g/mol. The molecule has 2 aromatic carbocycles. The number of thioether (sulfide) groups is 1. The standard InChI is InChI=1S/C28H28Cl2N4O7S2/c1-41-18-5-7-19(8-6-18)43(39,40)14-13-32-11-12-34-24(28(32)38)25(36)27(37)31-26(34)21-3-2-10-33(21)23(35)16-42-22-15-17(29)4-9-20(22)30/h4-9,15,21,36H,2-3,10-14,16H2,1H3. The van der Waals surface area contributed by atoms with E-state index in [1.54, 1.807) is 23.1 Å². The van der Waals surface area contributed by atoms with Gasteiger partial charge in [-0.1, -0.05) is 23.2 Å². The number of benzene rings is 2. The van der Waals surface area contributed by atoms with Crippen LogP contribution in [0, 0.1) is 0 Å². The topological polar surface area (TPSA) is 139 Å². The molecule has 1 atom stereocenters. The van der Waals surface area contributed by atoms with Gasteiger partial charge in [0.2, 0.25) is 11.7 Å². The molecule has 43 heavy (non-hydrogen) atoms. The number of fused-ring (bicyclic) bond motifs is 1. The smallest absolute Gasteiger partial charge is 0.315 e. The summed E-state index contributed by atoms with van der Waals surface area (Å²) in [6.07, 6.45) is 1.18. The number of rotatable bonds is 9. The van der Waals surface area contributed by atoms with E-state index in [9.17, 15) is 27.9 Å². The van der Waals surface area contributed by atoms with Gasteiger partial charge < -0.3 is 24.2 Å². The molecule has 228 valence electrons. The summed E-state index contributed by atoms with van der Waals surface area (Å²) in [6, 6.07) is 10.4. The van der Waals surface area contributed by atoms with Crippen molar-refractivity contribution in [2.24, 2.45) is 0 Å². The van der Waals surface area contributed by atoms with Crippen LogP contribution in [0.5, 0.6) is 11.5 Å². The van der Waals surface area contributed by atoms with E-state index in [0.717, 1.165) is 0 Å². The van der Waals surface area contributed by atoms with Crippen molar-refractivity contribution in [3.63, 3.8) is 0 Å². The van der Waals surface area contributed by atoms with Gasteiger partial charge in [0.1, 0.15) is 11.6 Å². The van der Waals surface area contributed by atoms with Gasteiger partial charge in [0.05, 0.1) is 34.6 Å². The van der Waals surface area contributed by atoms with Gasteiger partial charge in [-0.2, -0.15) is 4.98 Å². The molecular formula is C28H28Cl2N4O7S2. The Morgan fingerprint density at radius 3 is 2.58 bits per heavy atom. The largest absolute Gasteiger partial charge is 0.501 e. The number of carbonyl (C=O) groups is 2. The minimum atomic E-state index is -3.73. The molecule has 3 aromatic rings. The first-order chi connectivity index (χ1) is 20.5. The number of nitrogens with zero attached hydrogens (tertiary/aromatic N) is 4. The molecule has 0 bridgehead atoms. The van der Waals surface area contributed by atoms with Crippen molar-refractivity contribution >= 4 is 56.6 Å². The number of hydrogen-bond donors (Lipinski definition) is 1. The minimum absolute atomic E-state index is 0.0705. The van der Waals surface area contributed by atoms with E-state index in [1.807, 2.05) is 0 Å². The lowest BCUT2D eigenvalue weighted by atomic mass is 10.1. The van der Waals surface area contributed by atoms with Crippen LogP contribution in [0.25, 0.3) is 0 Å². The maximum atomic E-state index is 13.5. The molecule has 2 amide bonds. The SMILES string of the molecule is COc1ccc(S(=O)(=O)CCN2CCn3c(C4CCCN4C(=O)CSc4cc(Cl)ccc4Cl)nc(=O)c(O)c3C2=O)cc1. The number of halogens is 2. The first-order valence-electron chi connectivity index (χ1n) is 13.4. The fourth-order valence-corrected chi connectivity index (χ4v) is 7.85. The van der Waals surface area contributed by atoms with E-state index in [0.29, 0.717) is 40.1 Å². The summed E-state index contributed by atoms with van der Waals surface area (Å²) in [5.74, 6) is -1.25. The van der Waals surface area contributed by atoms with Crippen LogP contribution in [0.2, 0.25) is 10.0 Å². The molecule has 11 nitrogen and oxygen atoms in total. The van der Waals surface area contributed by atoms with Crippen molar-refractivity contribution in [3.8, 4) is 11.5 Å². The van der Waals surface area contributed by atoms with Crippen molar-refractivity contribution in [2.45, 2.75) is 35.2 Å². The Bertz CT molecular complexity index is 1730. The fraction of sp³-hybridized carbons (Fsp3) is 0.357. The van der Waals surface area contributed by atoms with Crippen LogP contribution in [0.1, 0.15) is 35.2 Å². The number of hydrogen-bond acceptors (Lipinski definition) is 9. The maximum Gasteiger partial charge on any atom is 0.315 e. The summed E-state index contributed by atoms with van der Waals surface area (Å²) in [7, 11) is -2.25. The molecule has 1 N–H and O–H groups in total. The lowest BCUT2D eigenvalue weighted by molar-refractivity contribution is -0.129. The minimum Gasteiger partial charge on any atom is -0.501 e. The van der Waals surface area contributed by atoms with E-state index >= 15 is 0 Å². The third-order valence-electron chi connectivity index (χ3n) is 7.44. The second kappa shape index (κ2) is 12.8. The number of carbonyl (C=O) groups excluding carboxylic acids is 2. The van der Waals surface area contributed by atoms with Gasteiger partial charge in [-0.3, -0.25) is 14.4 Å². The summed E-state index contributed by atoms with van der Waals surface area (Å²) in [5, 5.41) is 11.6. The van der Waals surface area contributed by atoms with Gasteiger partial charge in [0, 0.05) is 36.1 Å². The quantitative estimate of drug-likeness (QED) is 0.339. The van der Waals surface area contributed by atoms with E-state index in [4.69, 9.17) is 27.9 Å². The monoisotopic (exact) mass is 666 g/mol. The predicted molar refractivity (Wildman–Crippen MR) is 162 cm³/mol. The molecule has 3 heterocycles. The molecule has 1 aromatic heterocycles. The number of likely N-dealkylation sites (tertiary alicyclic amines) is 1. The van der Waals surface area contributed by atoms with Crippen molar-refractivity contribution in [1.82, 2.24) is 19.4 Å². The van der Waals surface area contributed by atoms with Crippen molar-refractivity contribution in [3.05, 3.63) is 74.4 Å². The van der Waals surface area contributed by atoms with Crippen molar-refractivity contribution in [2.75, 3.05) is 38.2 Å². The number of aromatic nitrogens is 2. The highest BCUT2D eigenvalue weighted by molar-refractivity contribution is 8.00. The zero-order valence-electron chi connectivity index (χ0n) is 23.0. The number of ether oxygens (including phenoxy) is 1. The molecule has 2 aliphatic rings. The molecule has 1 unspecified atom stereocenters. The molecule has 1 fully saturated rings. The third kappa shape index (κ3) is 6.49. The summed E-state index contributed by atoms with van der Waals surface area (Å²) in [5.41, 5.74) is -1.25. The van der Waals surface area contributed by atoms with Gasteiger partial charge in [0.25, 0.3) is 5.91 Å². The maximum absolute atomic E-state index is 13.5. The van der Waals surface area contributed by atoms with Gasteiger partial charge >= 0.3 is 5.56 Å². The number of amides is 2. The van der Waals surface area contributed by atoms with E-state index < -0.39 is 33.1 Å². The Kier molecular flexibility index (Phi) is 9.26. The zero-order chi connectivity index (χ0) is 30.9. The van der Waals surface area contributed by atoms with Crippen LogP contribution in [0.4, 0.5) is 0 Å². The Balaban J connectivity index is 1.34. The lowest BCUT2D eigenvalue weighted by Gasteiger charge is -2.33. The van der Waals surface area contributed by atoms with E-state index in [-0.39, 0.29) is 53.5 Å². The molecule has 5 rings (SSSR count). The highest BCUT2D eigenvalue weighted by Gasteiger charge is 2.38. The molecule has 15 heteroatoms. The first kappa shape index (κ1) is 31.2. The molecule has 2 aliphatic heterocycles. The summed E-state index contributed by atoms with van der Waals surface area (Å²) in [4.78, 5) is 47.3. The first-order valence-corrected chi connectivity index (χ1v) is 16.8. The average molecular weight is 668 g/mol. The van der Waals surface area contributed by atoms with Gasteiger partial charge in [-0.25, -0.2) is 8.42 Å². The number of methoxy groups -OCH3 is 1. The zero-order valence-corrected chi connectivity index (χ0v) is 26.2. The molecule has 0 radical (unpaired) electrons. The second-order valence-electron chi connectivity index (χ2n) is 10.0. The van der Waals surface area contributed by atoms with Gasteiger partial charge in [-0.15, -0.1) is 11.8 Å². The highest BCUT2D eigenvalue weighted by atomic mass is 35.5. The van der Waals surface area contributed by atoms with Crippen LogP contribution in [-0.2, 0) is 21.2 Å². The third-order valence-corrected chi connectivity index (χ3v) is 10.9. The molecule has 0 aliphatic carbocycles. The summed E-state index contributed by atoms with van der Waals surface area (Å²) in [6.45, 7) is 0.578. The van der Waals surface area contributed by atoms with Crippen molar-refractivity contribution < 1.29 is 27.9 Å². The Labute approximate surface area is 262 Å². The second-order valence-corrected chi connectivity index (χ2v) is 14.0.